The van der Waals surface area contributed by atoms with Gasteiger partial charge in [-0.1, -0.05) is 12.1 Å². The SMILES string of the molecule is O=C1C[C@@H](c2ccco2)Cc2[nH]c(=O)c(C(=O)NCc3ccc(F)cc3)cc21. The van der Waals surface area contributed by atoms with Crippen molar-refractivity contribution in [3.05, 3.63) is 93.0 Å². The van der Waals surface area contributed by atoms with E-state index in [1.807, 2.05) is 0 Å². The van der Waals surface area contributed by atoms with Gasteiger partial charge in [0.15, 0.2) is 5.78 Å². The van der Waals surface area contributed by atoms with Crippen molar-refractivity contribution in [2.75, 3.05) is 0 Å². The van der Waals surface area contributed by atoms with Crippen LogP contribution in [0.3, 0.4) is 0 Å². The summed E-state index contributed by atoms with van der Waals surface area (Å²) in [6, 6.07) is 10.6. The largest absolute Gasteiger partial charge is 0.469 e. The Balaban J connectivity index is 1.54. The number of carbonyl (C=O) groups is 2. The van der Waals surface area contributed by atoms with Crippen molar-refractivity contribution in [2.24, 2.45) is 0 Å². The smallest absolute Gasteiger partial charge is 0.261 e. The van der Waals surface area contributed by atoms with Crippen LogP contribution >= 0.6 is 0 Å². The quantitative estimate of drug-likeness (QED) is 0.728. The molecule has 0 spiro atoms. The molecular formula is C21H17FN2O4. The molecule has 1 aromatic carbocycles. The summed E-state index contributed by atoms with van der Waals surface area (Å²) >= 11 is 0. The highest BCUT2D eigenvalue weighted by Gasteiger charge is 2.30. The molecule has 1 atom stereocenters. The first kappa shape index (κ1) is 17.9. The first-order valence-electron chi connectivity index (χ1n) is 8.86. The molecule has 2 N–H and O–H groups in total. The van der Waals surface area contributed by atoms with Gasteiger partial charge in [0.1, 0.15) is 17.1 Å². The number of aromatic nitrogens is 1. The lowest BCUT2D eigenvalue weighted by Gasteiger charge is -2.22. The van der Waals surface area contributed by atoms with Crippen LogP contribution in [0, 0.1) is 5.82 Å². The van der Waals surface area contributed by atoms with E-state index >= 15 is 0 Å². The van der Waals surface area contributed by atoms with Gasteiger partial charge in [-0.3, -0.25) is 14.4 Å². The second-order valence-corrected chi connectivity index (χ2v) is 6.76. The molecule has 3 aromatic rings. The van der Waals surface area contributed by atoms with Crippen LogP contribution in [0.15, 0.2) is 57.9 Å². The molecule has 1 aliphatic carbocycles. The van der Waals surface area contributed by atoms with Gasteiger partial charge in [0.05, 0.1) is 6.26 Å². The summed E-state index contributed by atoms with van der Waals surface area (Å²) in [5.41, 5.74) is 0.891. The van der Waals surface area contributed by atoms with E-state index < -0.39 is 11.5 Å². The van der Waals surface area contributed by atoms with Gasteiger partial charge in [0.2, 0.25) is 0 Å². The van der Waals surface area contributed by atoms with Crippen molar-refractivity contribution in [1.82, 2.24) is 10.3 Å². The summed E-state index contributed by atoms with van der Waals surface area (Å²) in [4.78, 5) is 40.0. The molecular weight excluding hydrogens is 363 g/mol. The van der Waals surface area contributed by atoms with Gasteiger partial charge in [-0.05, 0) is 42.3 Å². The molecule has 2 heterocycles. The average Bonchev–Trinajstić information content (AvgIpc) is 3.21. The van der Waals surface area contributed by atoms with Crippen molar-refractivity contribution >= 4 is 11.7 Å². The molecule has 1 amide bonds. The van der Waals surface area contributed by atoms with Crippen LogP contribution in [0.5, 0.6) is 0 Å². The second-order valence-electron chi connectivity index (χ2n) is 6.76. The van der Waals surface area contributed by atoms with Crippen LogP contribution in [0.25, 0.3) is 0 Å². The summed E-state index contributed by atoms with van der Waals surface area (Å²) in [5.74, 6) is -0.543. The predicted molar refractivity (Wildman–Crippen MR) is 98.7 cm³/mol. The second kappa shape index (κ2) is 7.26. The van der Waals surface area contributed by atoms with Gasteiger partial charge in [-0.2, -0.15) is 0 Å². The highest BCUT2D eigenvalue weighted by Crippen LogP contribution is 2.31. The van der Waals surface area contributed by atoms with Crippen molar-refractivity contribution in [3.63, 3.8) is 0 Å². The van der Waals surface area contributed by atoms with E-state index in [4.69, 9.17) is 4.42 Å². The number of amides is 1. The van der Waals surface area contributed by atoms with Crippen molar-refractivity contribution in [3.8, 4) is 0 Å². The highest BCUT2D eigenvalue weighted by atomic mass is 19.1. The molecule has 0 aliphatic heterocycles. The summed E-state index contributed by atoms with van der Waals surface area (Å²) in [7, 11) is 0. The number of rotatable bonds is 4. The van der Waals surface area contributed by atoms with Gasteiger partial charge in [-0.25, -0.2) is 4.39 Å². The molecule has 2 aromatic heterocycles. The molecule has 142 valence electrons. The zero-order valence-electron chi connectivity index (χ0n) is 14.8. The summed E-state index contributed by atoms with van der Waals surface area (Å²) < 4.78 is 18.3. The number of pyridine rings is 1. The van der Waals surface area contributed by atoms with E-state index in [2.05, 4.69) is 10.3 Å². The van der Waals surface area contributed by atoms with Crippen LogP contribution in [0.2, 0.25) is 0 Å². The minimum absolute atomic E-state index is 0.120. The Morgan fingerprint density at radius 3 is 2.68 bits per heavy atom. The van der Waals surface area contributed by atoms with Gasteiger partial charge in [0, 0.05) is 30.1 Å². The molecule has 0 unspecified atom stereocenters. The van der Waals surface area contributed by atoms with E-state index in [0.29, 0.717) is 29.0 Å². The fraction of sp³-hybridized carbons (Fsp3) is 0.190. The Kier molecular flexibility index (Phi) is 4.65. The Labute approximate surface area is 159 Å². The van der Waals surface area contributed by atoms with E-state index in [0.717, 1.165) is 0 Å². The lowest BCUT2D eigenvalue weighted by atomic mass is 9.84. The summed E-state index contributed by atoms with van der Waals surface area (Å²) in [6.07, 6.45) is 2.26. The third-order valence-corrected chi connectivity index (χ3v) is 4.86. The highest BCUT2D eigenvalue weighted by molar-refractivity contribution is 6.02. The molecule has 1 aliphatic rings. The molecule has 4 rings (SSSR count). The number of halogens is 1. The van der Waals surface area contributed by atoms with E-state index in [1.54, 1.807) is 30.5 Å². The molecule has 0 saturated heterocycles. The van der Waals surface area contributed by atoms with Crippen molar-refractivity contribution < 1.29 is 18.4 Å². The standard InChI is InChI=1S/C21H17FN2O4/c22-14-5-3-12(4-6-14)11-23-20(26)16-10-15-17(24-21(16)27)8-13(9-18(15)25)19-2-1-7-28-19/h1-7,10,13H,8-9,11H2,(H,23,26)(H,24,27)/t13-/m0/s1. The minimum atomic E-state index is -0.589. The number of nitrogens with one attached hydrogen (secondary N) is 2. The fourth-order valence-corrected chi connectivity index (χ4v) is 3.40. The molecule has 0 radical (unpaired) electrons. The van der Waals surface area contributed by atoms with E-state index in [1.165, 1.54) is 18.2 Å². The Morgan fingerprint density at radius 2 is 1.96 bits per heavy atom. The van der Waals surface area contributed by atoms with Gasteiger partial charge < -0.3 is 14.7 Å². The lowest BCUT2D eigenvalue weighted by Crippen LogP contribution is -2.32. The number of carbonyl (C=O) groups excluding carboxylic acids is 2. The number of ketones is 1. The van der Waals surface area contributed by atoms with Gasteiger partial charge >= 0.3 is 0 Å². The van der Waals surface area contributed by atoms with Crippen LogP contribution in [0.4, 0.5) is 4.39 Å². The number of H-pyrrole nitrogens is 1. The van der Waals surface area contributed by atoms with Crippen LogP contribution < -0.4 is 10.9 Å². The topological polar surface area (TPSA) is 92.2 Å². The number of hydrogen-bond donors (Lipinski definition) is 2. The number of hydrogen-bond acceptors (Lipinski definition) is 4. The molecule has 7 heteroatoms. The third-order valence-electron chi connectivity index (χ3n) is 4.86. The monoisotopic (exact) mass is 380 g/mol. The van der Waals surface area contributed by atoms with Crippen molar-refractivity contribution in [1.29, 1.82) is 0 Å². The van der Waals surface area contributed by atoms with Crippen LogP contribution in [0.1, 0.15) is 50.1 Å². The number of benzene rings is 1. The van der Waals surface area contributed by atoms with Crippen LogP contribution in [-0.2, 0) is 13.0 Å². The number of fused-ring (bicyclic) bond motifs is 1. The number of Topliss-reactive ketones (excluding diaryl/α,β-unsaturated/α-hetero) is 1. The van der Waals surface area contributed by atoms with Crippen LogP contribution in [-0.4, -0.2) is 16.7 Å². The zero-order chi connectivity index (χ0) is 19.7. The van der Waals surface area contributed by atoms with Crippen molar-refractivity contribution in [2.45, 2.75) is 25.3 Å². The number of aromatic amines is 1. The van der Waals surface area contributed by atoms with Gasteiger partial charge in [0.25, 0.3) is 11.5 Å². The first-order chi connectivity index (χ1) is 13.5. The molecule has 0 bridgehead atoms. The molecule has 28 heavy (non-hydrogen) atoms. The number of furan rings is 1. The minimum Gasteiger partial charge on any atom is -0.469 e. The average molecular weight is 380 g/mol. The fourth-order valence-electron chi connectivity index (χ4n) is 3.40. The Morgan fingerprint density at radius 1 is 1.18 bits per heavy atom. The normalized spacial score (nSPS) is 15.9. The predicted octanol–water partition coefficient (Wildman–Crippen LogP) is 2.95. The zero-order valence-corrected chi connectivity index (χ0v) is 14.8. The summed E-state index contributed by atoms with van der Waals surface area (Å²) in [6.45, 7) is 0.143. The maximum Gasteiger partial charge on any atom is 0.261 e. The lowest BCUT2D eigenvalue weighted by molar-refractivity contribution is 0.0949. The Bertz CT molecular complexity index is 1080. The molecule has 6 nitrogen and oxygen atoms in total. The third kappa shape index (κ3) is 3.51. The molecule has 0 fully saturated rings. The maximum atomic E-state index is 12.9. The van der Waals surface area contributed by atoms with Gasteiger partial charge in [-0.15, -0.1) is 0 Å². The first-order valence-corrected chi connectivity index (χ1v) is 8.86. The van der Waals surface area contributed by atoms with E-state index in [-0.39, 0.29) is 36.0 Å². The molecule has 0 saturated carbocycles. The Hall–Kier alpha value is -3.48. The summed E-state index contributed by atoms with van der Waals surface area (Å²) in [5, 5.41) is 2.62. The van der Waals surface area contributed by atoms with E-state index in [9.17, 15) is 18.8 Å². The maximum absolute atomic E-state index is 12.9.